The maximum atomic E-state index is 12.8. The molecular formula is C26H39N3O12. The van der Waals surface area contributed by atoms with Crippen molar-refractivity contribution in [2.75, 3.05) is 38.4 Å². The van der Waals surface area contributed by atoms with Gasteiger partial charge in [-0.1, -0.05) is 6.42 Å². The highest BCUT2D eigenvalue weighted by Gasteiger charge is 2.34. The Hall–Kier alpha value is -3.85. The van der Waals surface area contributed by atoms with Crippen LogP contribution in [0.3, 0.4) is 0 Å². The molecule has 1 aromatic rings. The molecule has 0 saturated carbocycles. The van der Waals surface area contributed by atoms with Gasteiger partial charge in [0, 0.05) is 25.3 Å². The molecular weight excluding hydrogens is 546 g/mol. The van der Waals surface area contributed by atoms with Crippen LogP contribution in [0.4, 0.5) is 5.69 Å². The highest BCUT2D eigenvalue weighted by Crippen LogP contribution is 2.23. The second-order valence-electron chi connectivity index (χ2n) is 10.0. The lowest BCUT2D eigenvalue weighted by Crippen LogP contribution is -2.44. The number of anilines is 1. The first-order valence-corrected chi connectivity index (χ1v) is 13.1. The molecule has 1 rings (SSSR count). The van der Waals surface area contributed by atoms with Gasteiger partial charge < -0.3 is 29.2 Å². The zero-order valence-electron chi connectivity index (χ0n) is 23.9. The summed E-state index contributed by atoms with van der Waals surface area (Å²) in [5.41, 5.74) is -2.08. The van der Waals surface area contributed by atoms with E-state index in [0.29, 0.717) is 50.3 Å². The molecule has 0 spiro atoms. The highest BCUT2D eigenvalue weighted by atomic mass is 17.0. The Balaban J connectivity index is 2.34. The van der Waals surface area contributed by atoms with E-state index >= 15 is 0 Å². The number of benzene rings is 1. The fourth-order valence-corrected chi connectivity index (χ4v) is 3.28. The zero-order valence-corrected chi connectivity index (χ0v) is 23.9. The van der Waals surface area contributed by atoms with E-state index in [4.69, 9.17) is 14.2 Å². The number of amides is 1. The first kappa shape index (κ1) is 35.2. The van der Waals surface area contributed by atoms with Crippen LogP contribution in [0.15, 0.2) is 24.3 Å². The first-order chi connectivity index (χ1) is 19.2. The van der Waals surface area contributed by atoms with Crippen molar-refractivity contribution in [1.29, 1.82) is 0 Å². The third-order valence-corrected chi connectivity index (χ3v) is 5.79. The minimum Gasteiger partial charge on any atom is -0.480 e. The average molecular weight is 586 g/mol. The molecule has 0 saturated heterocycles. The van der Waals surface area contributed by atoms with Crippen molar-refractivity contribution in [3.63, 3.8) is 0 Å². The van der Waals surface area contributed by atoms with E-state index < -0.39 is 33.9 Å². The van der Waals surface area contributed by atoms with E-state index in [1.807, 2.05) is 0 Å². The molecule has 0 unspecified atom stereocenters. The molecule has 0 aliphatic rings. The number of Topliss-reactive ketones (excluding diaryl/α,β-unsaturated/α-hetero) is 2. The van der Waals surface area contributed by atoms with Gasteiger partial charge in [-0.2, -0.15) is 0 Å². The zero-order chi connectivity index (χ0) is 30.9. The fourth-order valence-electron chi connectivity index (χ4n) is 3.28. The van der Waals surface area contributed by atoms with Crippen LogP contribution in [0.1, 0.15) is 66.2 Å². The fraction of sp³-hybridized carbons (Fsp3) is 0.654. The molecule has 0 atom stereocenters. The number of hydrogen-bond donors (Lipinski definition) is 1. The third-order valence-electron chi connectivity index (χ3n) is 5.79. The molecule has 230 valence electrons. The second-order valence-corrected chi connectivity index (χ2v) is 10.0. The van der Waals surface area contributed by atoms with Crippen LogP contribution in [0.2, 0.25) is 0 Å². The summed E-state index contributed by atoms with van der Waals surface area (Å²) in [4.78, 5) is 65.5. The van der Waals surface area contributed by atoms with Crippen LogP contribution in [0.5, 0.6) is 5.75 Å². The largest absolute Gasteiger partial charge is 0.480 e. The molecule has 0 aromatic heterocycles. The lowest BCUT2D eigenvalue weighted by molar-refractivity contribution is -0.757. The Morgan fingerprint density at radius 2 is 1.34 bits per heavy atom. The van der Waals surface area contributed by atoms with Crippen LogP contribution in [-0.4, -0.2) is 71.9 Å². The number of unbranched alkanes of at least 4 members (excludes halogenated alkanes) is 3. The smallest absolute Gasteiger partial charge is 0.295 e. The molecule has 15 nitrogen and oxygen atoms in total. The van der Waals surface area contributed by atoms with Gasteiger partial charge in [0.15, 0.2) is 18.0 Å². The number of ether oxygens (including phenoxy) is 3. The number of hydrogen-bond acceptors (Lipinski definition) is 12. The number of nitrogens with zero attached hydrogens (tertiary/aromatic N) is 2. The highest BCUT2D eigenvalue weighted by molar-refractivity contribution is 5.92. The Labute approximate surface area is 238 Å². The molecule has 0 aliphatic heterocycles. The number of carbonyl (C=O) groups is 3. The van der Waals surface area contributed by atoms with Crippen LogP contribution in [-0.2, 0) is 33.5 Å². The minimum absolute atomic E-state index is 0.0526. The summed E-state index contributed by atoms with van der Waals surface area (Å²) in [7, 11) is 0. The van der Waals surface area contributed by atoms with E-state index in [0.717, 1.165) is 12.8 Å². The van der Waals surface area contributed by atoms with Crippen molar-refractivity contribution in [2.24, 2.45) is 0 Å². The molecule has 15 heteroatoms. The topological polar surface area (TPSA) is 196 Å². The Morgan fingerprint density at radius 3 is 1.95 bits per heavy atom. The molecule has 0 bridgehead atoms. The monoisotopic (exact) mass is 585 g/mol. The number of carbonyl (C=O) groups excluding carboxylic acids is 3. The lowest BCUT2D eigenvalue weighted by atomic mass is 9.97. The van der Waals surface area contributed by atoms with E-state index in [-0.39, 0.29) is 24.8 Å². The quantitative estimate of drug-likeness (QED) is 0.112. The maximum absolute atomic E-state index is 12.8. The summed E-state index contributed by atoms with van der Waals surface area (Å²) in [6.45, 7) is 6.37. The van der Waals surface area contributed by atoms with Crippen LogP contribution in [0, 0.1) is 20.2 Å². The van der Waals surface area contributed by atoms with Gasteiger partial charge in [0.2, 0.25) is 11.7 Å². The first-order valence-electron chi connectivity index (χ1n) is 13.1. The van der Waals surface area contributed by atoms with Crippen molar-refractivity contribution in [1.82, 2.24) is 0 Å². The van der Waals surface area contributed by atoms with E-state index in [1.54, 1.807) is 27.7 Å². The van der Waals surface area contributed by atoms with Crippen molar-refractivity contribution in [2.45, 2.75) is 77.4 Å². The molecule has 41 heavy (non-hydrogen) atoms. The maximum Gasteiger partial charge on any atom is 0.295 e. The van der Waals surface area contributed by atoms with Crippen LogP contribution < -0.4 is 10.1 Å². The minimum atomic E-state index is -1.27. The second kappa shape index (κ2) is 17.8. The summed E-state index contributed by atoms with van der Waals surface area (Å²) >= 11 is 0. The summed E-state index contributed by atoms with van der Waals surface area (Å²) < 4.78 is 16.9. The number of nitrogens with one attached hydrogen (secondary N) is 1. The predicted molar refractivity (Wildman–Crippen MR) is 144 cm³/mol. The predicted octanol–water partition coefficient (Wildman–Crippen LogP) is 3.49. The van der Waals surface area contributed by atoms with Gasteiger partial charge in [0.1, 0.15) is 18.0 Å². The molecule has 0 heterocycles. The van der Waals surface area contributed by atoms with Crippen LogP contribution >= 0.6 is 0 Å². The molecule has 0 radical (unpaired) electrons. The van der Waals surface area contributed by atoms with Gasteiger partial charge in [-0.15, -0.1) is 20.2 Å². The van der Waals surface area contributed by atoms with Gasteiger partial charge in [0.05, 0.1) is 6.61 Å². The lowest BCUT2D eigenvalue weighted by Gasteiger charge is -2.28. The van der Waals surface area contributed by atoms with Gasteiger partial charge in [0.25, 0.3) is 10.2 Å². The van der Waals surface area contributed by atoms with Crippen LogP contribution in [0.25, 0.3) is 0 Å². The average Bonchev–Trinajstić information content (AvgIpc) is 2.89. The summed E-state index contributed by atoms with van der Waals surface area (Å²) in [6.07, 6.45) is 3.69. The molecule has 1 aromatic carbocycles. The molecule has 0 fully saturated rings. The molecule has 0 aliphatic carbocycles. The van der Waals surface area contributed by atoms with Gasteiger partial charge in [-0.3, -0.25) is 14.4 Å². The Bertz CT molecular complexity index is 1010. The summed E-state index contributed by atoms with van der Waals surface area (Å²) in [6, 6.07) is 6.05. The van der Waals surface area contributed by atoms with Gasteiger partial charge >= 0.3 is 0 Å². The van der Waals surface area contributed by atoms with E-state index in [9.17, 15) is 34.6 Å². The van der Waals surface area contributed by atoms with E-state index in [1.165, 1.54) is 24.3 Å². The number of ketones is 2. The summed E-state index contributed by atoms with van der Waals surface area (Å²) in [5.74, 6) is -0.876. The van der Waals surface area contributed by atoms with Crippen molar-refractivity contribution >= 4 is 23.2 Å². The third kappa shape index (κ3) is 15.5. The Kier molecular flexibility index (Phi) is 15.2. The summed E-state index contributed by atoms with van der Waals surface area (Å²) in [5, 5.41) is 20.8. The van der Waals surface area contributed by atoms with Crippen molar-refractivity contribution in [3.05, 3.63) is 44.5 Å². The molecule has 1 N–H and O–H groups in total. The normalized spacial score (nSPS) is 11.4. The molecule has 1 amide bonds. The standard InChI is InChI=1S/C26H39N3O12/c1-25(2,22(30)10-6-5-7-15-37-16-8-9-17-39-28(33)34)38-18-23(31)26(3,4)41-21-13-11-20(12-14-21)27-24(32)19-40-29(35)36/h11-14H,5-10,15-19H2,1-4H3,(H,27,32). The van der Waals surface area contributed by atoms with Gasteiger partial charge in [-0.05, 0) is 77.6 Å². The SMILES string of the molecule is CC(C)(OCC(=O)C(C)(C)Oc1ccc(NC(=O)CO[N+](=O)[O-])cc1)C(=O)CCCCCOCCCCO[N+](=O)[O-]. The Morgan fingerprint density at radius 1 is 0.756 bits per heavy atom. The van der Waals surface area contributed by atoms with Crippen molar-refractivity contribution in [3.8, 4) is 5.75 Å². The van der Waals surface area contributed by atoms with Crippen molar-refractivity contribution < 1.29 is 48.4 Å². The van der Waals surface area contributed by atoms with E-state index in [2.05, 4.69) is 15.0 Å². The number of rotatable bonds is 23. The van der Waals surface area contributed by atoms with Gasteiger partial charge in [-0.25, -0.2) is 0 Å².